The standard InChI is InChI=1S/C19H15Cl3F3N3O3/c20-13-2-1-11(7-14(13)21)18(30)31-10-16(29)27-3-5-28(6-4-27)17-15(22)8-12(9-26-17)19(23,24)25/h1-2,7-9H,3-6,10H2. The van der Waals surface area contributed by atoms with Crippen molar-refractivity contribution in [3.63, 3.8) is 0 Å². The van der Waals surface area contributed by atoms with Gasteiger partial charge in [0.05, 0.1) is 26.2 Å². The fraction of sp³-hybridized carbons (Fsp3) is 0.316. The van der Waals surface area contributed by atoms with Crippen molar-refractivity contribution in [2.45, 2.75) is 6.18 Å². The average molecular weight is 497 g/mol. The zero-order valence-electron chi connectivity index (χ0n) is 15.8. The Morgan fingerprint density at radius 3 is 2.26 bits per heavy atom. The van der Waals surface area contributed by atoms with Crippen LogP contribution in [-0.4, -0.2) is 54.5 Å². The lowest BCUT2D eigenvalue weighted by Crippen LogP contribution is -2.50. The van der Waals surface area contributed by atoms with Crippen LogP contribution in [0.2, 0.25) is 15.1 Å². The van der Waals surface area contributed by atoms with Gasteiger partial charge < -0.3 is 14.5 Å². The Hall–Kier alpha value is -2.23. The molecule has 6 nitrogen and oxygen atoms in total. The number of anilines is 1. The summed E-state index contributed by atoms with van der Waals surface area (Å²) in [5, 5.41) is 0.356. The summed E-state index contributed by atoms with van der Waals surface area (Å²) in [5.74, 6) is -0.904. The molecule has 2 aromatic rings. The molecule has 2 heterocycles. The maximum absolute atomic E-state index is 12.8. The van der Waals surface area contributed by atoms with E-state index in [1.807, 2.05) is 0 Å². The van der Waals surface area contributed by atoms with Gasteiger partial charge in [0.2, 0.25) is 0 Å². The highest BCUT2D eigenvalue weighted by molar-refractivity contribution is 6.42. The monoisotopic (exact) mass is 495 g/mol. The van der Waals surface area contributed by atoms with Crippen LogP contribution < -0.4 is 4.90 Å². The summed E-state index contributed by atoms with van der Waals surface area (Å²) in [6, 6.07) is 5.04. The van der Waals surface area contributed by atoms with Crippen LogP contribution in [0.15, 0.2) is 30.5 Å². The van der Waals surface area contributed by atoms with Gasteiger partial charge in [-0.2, -0.15) is 13.2 Å². The number of hydrogen-bond acceptors (Lipinski definition) is 5. The van der Waals surface area contributed by atoms with Crippen molar-refractivity contribution in [3.8, 4) is 0 Å². The van der Waals surface area contributed by atoms with E-state index in [-0.39, 0.29) is 39.5 Å². The first-order valence-electron chi connectivity index (χ1n) is 8.94. The SMILES string of the molecule is O=C(OCC(=O)N1CCN(c2ncc(C(F)(F)F)cc2Cl)CC1)c1ccc(Cl)c(Cl)c1. The van der Waals surface area contributed by atoms with Gasteiger partial charge in [0.15, 0.2) is 6.61 Å². The lowest BCUT2D eigenvalue weighted by molar-refractivity contribution is -0.138. The number of esters is 1. The van der Waals surface area contributed by atoms with Crippen LogP contribution in [0.1, 0.15) is 15.9 Å². The van der Waals surface area contributed by atoms with Crippen LogP contribution >= 0.6 is 34.8 Å². The van der Waals surface area contributed by atoms with Gasteiger partial charge >= 0.3 is 12.1 Å². The molecule has 31 heavy (non-hydrogen) atoms. The predicted octanol–water partition coefficient (Wildman–Crippen LogP) is 4.57. The van der Waals surface area contributed by atoms with Crippen LogP contribution in [0.4, 0.5) is 19.0 Å². The number of amides is 1. The van der Waals surface area contributed by atoms with E-state index >= 15 is 0 Å². The molecule has 1 fully saturated rings. The molecule has 0 saturated carbocycles. The summed E-state index contributed by atoms with van der Waals surface area (Å²) < 4.78 is 43.3. The number of alkyl halides is 3. The van der Waals surface area contributed by atoms with Gasteiger partial charge in [-0.1, -0.05) is 34.8 Å². The summed E-state index contributed by atoms with van der Waals surface area (Å²) in [6.45, 7) is 0.692. The molecule has 0 atom stereocenters. The molecule has 1 saturated heterocycles. The van der Waals surface area contributed by atoms with Gasteiger partial charge in [-0.15, -0.1) is 0 Å². The zero-order valence-corrected chi connectivity index (χ0v) is 18.0. The predicted molar refractivity (Wildman–Crippen MR) is 110 cm³/mol. The fourth-order valence-electron chi connectivity index (χ4n) is 2.91. The number of halogens is 6. The minimum Gasteiger partial charge on any atom is -0.452 e. The van der Waals surface area contributed by atoms with Crippen LogP contribution in [-0.2, 0) is 15.7 Å². The maximum Gasteiger partial charge on any atom is 0.417 e. The minimum atomic E-state index is -4.53. The summed E-state index contributed by atoms with van der Waals surface area (Å²) in [4.78, 5) is 31.4. The molecule has 0 unspecified atom stereocenters. The van der Waals surface area contributed by atoms with E-state index in [9.17, 15) is 22.8 Å². The Labute approximate surface area is 190 Å². The second-order valence-electron chi connectivity index (χ2n) is 6.60. The van der Waals surface area contributed by atoms with Crippen LogP contribution in [0.25, 0.3) is 0 Å². The number of piperazine rings is 1. The third kappa shape index (κ3) is 5.72. The number of pyridine rings is 1. The summed E-state index contributed by atoms with van der Waals surface area (Å²) in [7, 11) is 0. The highest BCUT2D eigenvalue weighted by atomic mass is 35.5. The number of benzene rings is 1. The molecule has 0 spiro atoms. The molecule has 3 rings (SSSR count). The number of carbonyl (C=O) groups excluding carboxylic acids is 2. The molecule has 166 valence electrons. The molecular weight excluding hydrogens is 482 g/mol. The number of hydrogen-bond donors (Lipinski definition) is 0. The number of rotatable bonds is 4. The first kappa shape index (κ1) is 23.4. The lowest BCUT2D eigenvalue weighted by Gasteiger charge is -2.35. The second-order valence-corrected chi connectivity index (χ2v) is 7.82. The first-order chi connectivity index (χ1) is 14.6. The van der Waals surface area contributed by atoms with Crippen LogP contribution in [0.3, 0.4) is 0 Å². The Kier molecular flexibility index (Phi) is 7.18. The van der Waals surface area contributed by atoms with Gasteiger partial charge in [0.1, 0.15) is 5.82 Å². The van der Waals surface area contributed by atoms with Crippen molar-refractivity contribution >= 4 is 52.5 Å². The van der Waals surface area contributed by atoms with E-state index < -0.39 is 30.2 Å². The van der Waals surface area contributed by atoms with Crippen molar-refractivity contribution in [1.82, 2.24) is 9.88 Å². The van der Waals surface area contributed by atoms with Crippen LogP contribution in [0.5, 0.6) is 0 Å². The van der Waals surface area contributed by atoms with Crippen molar-refractivity contribution in [1.29, 1.82) is 0 Å². The second kappa shape index (κ2) is 9.50. The summed E-state index contributed by atoms with van der Waals surface area (Å²) in [5.41, 5.74) is -0.770. The topological polar surface area (TPSA) is 62.7 Å². The van der Waals surface area contributed by atoms with E-state index in [4.69, 9.17) is 39.5 Å². The Morgan fingerprint density at radius 2 is 1.68 bits per heavy atom. The molecule has 0 N–H and O–H groups in total. The van der Waals surface area contributed by atoms with Crippen molar-refractivity contribution in [3.05, 3.63) is 56.7 Å². The molecular formula is C19H15Cl3F3N3O3. The summed E-state index contributed by atoms with van der Waals surface area (Å²) >= 11 is 17.6. The van der Waals surface area contributed by atoms with E-state index in [1.54, 1.807) is 4.90 Å². The molecule has 1 aliphatic heterocycles. The molecule has 12 heteroatoms. The Bertz CT molecular complexity index is 996. The van der Waals surface area contributed by atoms with Crippen molar-refractivity contribution in [2.75, 3.05) is 37.7 Å². The molecule has 0 aliphatic carbocycles. The summed E-state index contributed by atoms with van der Waals surface area (Å²) in [6.07, 6.45) is -3.81. The molecule has 0 bridgehead atoms. The zero-order chi connectivity index (χ0) is 22.8. The Balaban J connectivity index is 1.53. The number of ether oxygens (including phenoxy) is 1. The average Bonchev–Trinajstić information content (AvgIpc) is 2.73. The highest BCUT2D eigenvalue weighted by Crippen LogP contribution is 2.33. The molecule has 0 radical (unpaired) electrons. The normalized spacial score (nSPS) is 14.5. The van der Waals surface area contributed by atoms with Gasteiger partial charge in [0, 0.05) is 32.4 Å². The minimum absolute atomic E-state index is 0.120. The first-order valence-corrected chi connectivity index (χ1v) is 10.1. The fourth-order valence-corrected chi connectivity index (χ4v) is 3.50. The largest absolute Gasteiger partial charge is 0.452 e. The molecule has 1 aromatic heterocycles. The Morgan fingerprint density at radius 1 is 1.00 bits per heavy atom. The van der Waals surface area contributed by atoms with Gasteiger partial charge in [-0.25, -0.2) is 9.78 Å². The number of carbonyl (C=O) groups is 2. The van der Waals surface area contributed by atoms with E-state index in [1.165, 1.54) is 23.1 Å². The highest BCUT2D eigenvalue weighted by Gasteiger charge is 2.32. The van der Waals surface area contributed by atoms with Crippen LogP contribution in [0, 0.1) is 0 Å². The lowest BCUT2D eigenvalue weighted by atomic mass is 10.2. The maximum atomic E-state index is 12.8. The third-order valence-corrected chi connectivity index (χ3v) is 5.58. The molecule has 1 amide bonds. The number of aromatic nitrogens is 1. The van der Waals surface area contributed by atoms with Gasteiger partial charge in [-0.05, 0) is 24.3 Å². The van der Waals surface area contributed by atoms with Crippen molar-refractivity contribution in [2.24, 2.45) is 0 Å². The van der Waals surface area contributed by atoms with Gasteiger partial charge in [-0.3, -0.25) is 4.79 Å². The molecule has 1 aromatic carbocycles. The number of nitrogens with zero attached hydrogens (tertiary/aromatic N) is 3. The van der Waals surface area contributed by atoms with Gasteiger partial charge in [0.25, 0.3) is 5.91 Å². The van der Waals surface area contributed by atoms with E-state index in [2.05, 4.69) is 4.98 Å². The van der Waals surface area contributed by atoms with E-state index in [0.717, 1.165) is 12.3 Å². The third-order valence-electron chi connectivity index (χ3n) is 4.56. The molecule has 1 aliphatic rings. The smallest absolute Gasteiger partial charge is 0.417 e. The quantitative estimate of drug-likeness (QED) is 0.581. The van der Waals surface area contributed by atoms with Crippen molar-refractivity contribution < 1.29 is 27.5 Å². The van der Waals surface area contributed by atoms with E-state index in [0.29, 0.717) is 13.1 Å².